The van der Waals surface area contributed by atoms with Crippen molar-refractivity contribution in [2.45, 2.75) is 17.9 Å². The van der Waals surface area contributed by atoms with Crippen molar-refractivity contribution >= 4 is 39.9 Å². The highest BCUT2D eigenvalue weighted by atomic mass is 35.5. The van der Waals surface area contributed by atoms with Gasteiger partial charge in [0.25, 0.3) is 0 Å². The molecule has 0 spiro atoms. The molecule has 158 valence electrons. The van der Waals surface area contributed by atoms with E-state index in [1.165, 1.54) is 35.2 Å². The van der Waals surface area contributed by atoms with Crippen molar-refractivity contribution in [2.24, 2.45) is 0 Å². The molecule has 1 unspecified atom stereocenters. The topological polar surface area (TPSA) is 54.2 Å². The third-order valence-electron chi connectivity index (χ3n) is 4.41. The van der Waals surface area contributed by atoms with Crippen molar-refractivity contribution in [2.75, 3.05) is 13.6 Å². The fourth-order valence-corrected chi connectivity index (χ4v) is 4.10. The van der Waals surface area contributed by atoms with E-state index in [2.05, 4.69) is 10.1 Å². The van der Waals surface area contributed by atoms with Crippen LogP contribution in [0.15, 0.2) is 55.1 Å². The maximum absolute atomic E-state index is 14.5. The predicted octanol–water partition coefficient (Wildman–Crippen LogP) is 4.25. The third-order valence-corrected chi connectivity index (χ3v) is 6.36. The van der Waals surface area contributed by atoms with E-state index in [-0.39, 0.29) is 18.7 Å². The Bertz CT molecular complexity index is 1000. The van der Waals surface area contributed by atoms with Crippen molar-refractivity contribution in [3.63, 3.8) is 0 Å². The van der Waals surface area contributed by atoms with E-state index >= 15 is 0 Å². The molecule has 2 aromatic carbocycles. The van der Waals surface area contributed by atoms with Crippen molar-refractivity contribution in [3.05, 3.63) is 82.9 Å². The minimum Gasteiger partial charge on any atom is -0.381 e. The van der Waals surface area contributed by atoms with Gasteiger partial charge in [0.05, 0.1) is 13.1 Å². The van der Waals surface area contributed by atoms with Crippen LogP contribution in [0.1, 0.15) is 11.1 Å². The molecule has 5 nitrogen and oxygen atoms in total. The lowest BCUT2D eigenvalue weighted by Crippen LogP contribution is -2.44. The molecule has 1 aromatic heterocycles. The number of thioether (sulfide) groups is 1. The Hall–Kier alpha value is -2.07. The van der Waals surface area contributed by atoms with Gasteiger partial charge in [0.15, 0.2) is 0 Å². The third kappa shape index (κ3) is 5.75. The second-order valence-electron chi connectivity index (χ2n) is 6.79. The van der Waals surface area contributed by atoms with Crippen LogP contribution in [0.4, 0.5) is 8.78 Å². The summed E-state index contributed by atoms with van der Waals surface area (Å²) in [7, 11) is 1.71. The molecule has 0 radical (unpaired) electrons. The summed E-state index contributed by atoms with van der Waals surface area (Å²) in [6.45, 7) is -0.105. The minimum absolute atomic E-state index is 0.0259. The quantitative estimate of drug-likeness (QED) is 0.523. The highest BCUT2D eigenvalue weighted by molar-refractivity contribution is 8.22. The molecular formula is C20H19ClF2N4OS2. The molecule has 0 aliphatic heterocycles. The van der Waals surface area contributed by atoms with Gasteiger partial charge < -0.3 is 10.0 Å². The second-order valence-corrected chi connectivity index (χ2v) is 8.83. The number of aliphatic hydroxyl groups is 1. The molecule has 3 rings (SSSR count). The van der Waals surface area contributed by atoms with Crippen molar-refractivity contribution in [3.8, 4) is 0 Å². The molecule has 30 heavy (non-hydrogen) atoms. The average molecular weight is 469 g/mol. The molecule has 1 atom stereocenters. The molecule has 0 aliphatic rings. The number of likely N-dealkylation sites (N-methyl/N-ethyl adjacent to an activating group) is 1. The van der Waals surface area contributed by atoms with Crippen LogP contribution in [-0.4, -0.2) is 42.7 Å². The Morgan fingerprint density at radius 3 is 2.63 bits per heavy atom. The Balaban J connectivity index is 1.76. The predicted molar refractivity (Wildman–Crippen MR) is 118 cm³/mol. The van der Waals surface area contributed by atoms with Gasteiger partial charge in [0, 0.05) is 29.5 Å². The zero-order chi connectivity index (χ0) is 21.7. The van der Waals surface area contributed by atoms with Gasteiger partial charge >= 0.3 is 0 Å². The Kier molecular flexibility index (Phi) is 7.41. The van der Waals surface area contributed by atoms with E-state index in [0.29, 0.717) is 15.1 Å². The molecule has 1 heterocycles. The molecule has 0 bridgehead atoms. The van der Waals surface area contributed by atoms with Crippen LogP contribution < -0.4 is 0 Å². The molecule has 0 aliphatic carbocycles. The first-order valence-corrected chi connectivity index (χ1v) is 10.7. The smallest absolute Gasteiger partial charge is 0.137 e. The SMILES string of the molecule is CN(CC(O)(Cn1cncn1)c1ccc(F)cc1F)C(=S)SCc1ccc(Cl)cc1. The standard InChI is InChI=1S/C20H19ClF2N4OS2/c1-26(19(29)30-9-14-2-4-15(21)5-3-14)10-20(28,11-27-13-24-12-25-27)17-7-6-16(22)8-18(17)23/h2-8,12-13,28H,9-11H2,1H3. The number of rotatable bonds is 7. The monoisotopic (exact) mass is 468 g/mol. The lowest BCUT2D eigenvalue weighted by atomic mass is 9.92. The Morgan fingerprint density at radius 2 is 2.00 bits per heavy atom. The van der Waals surface area contributed by atoms with E-state index in [4.69, 9.17) is 23.8 Å². The van der Waals surface area contributed by atoms with Gasteiger partial charge in [-0.05, 0) is 23.8 Å². The molecular weight excluding hydrogens is 450 g/mol. The summed E-state index contributed by atoms with van der Waals surface area (Å²) in [4.78, 5) is 5.52. The van der Waals surface area contributed by atoms with Crippen molar-refractivity contribution < 1.29 is 13.9 Å². The highest BCUT2D eigenvalue weighted by Crippen LogP contribution is 2.29. The fourth-order valence-electron chi connectivity index (χ4n) is 2.96. The van der Waals surface area contributed by atoms with Gasteiger partial charge in [-0.3, -0.25) is 0 Å². The molecule has 0 saturated heterocycles. The van der Waals surface area contributed by atoms with Crippen LogP contribution in [0.3, 0.4) is 0 Å². The molecule has 1 N–H and O–H groups in total. The number of nitrogens with zero attached hydrogens (tertiary/aromatic N) is 4. The number of benzene rings is 2. The van der Waals surface area contributed by atoms with Crippen LogP contribution in [-0.2, 0) is 17.9 Å². The first-order valence-electron chi connectivity index (χ1n) is 8.89. The highest BCUT2D eigenvalue weighted by Gasteiger charge is 2.35. The van der Waals surface area contributed by atoms with E-state index < -0.39 is 17.2 Å². The number of thiocarbonyl (C=S) groups is 1. The van der Waals surface area contributed by atoms with Gasteiger partial charge in [-0.25, -0.2) is 18.4 Å². The van der Waals surface area contributed by atoms with Crippen molar-refractivity contribution in [1.82, 2.24) is 19.7 Å². The lowest BCUT2D eigenvalue weighted by Gasteiger charge is -2.34. The summed E-state index contributed by atoms with van der Waals surface area (Å²) < 4.78 is 29.8. The van der Waals surface area contributed by atoms with Crippen LogP contribution in [0.2, 0.25) is 5.02 Å². The van der Waals surface area contributed by atoms with Gasteiger partial charge in [0.1, 0.15) is 34.2 Å². The minimum atomic E-state index is -1.72. The van der Waals surface area contributed by atoms with Crippen LogP contribution in [0, 0.1) is 11.6 Å². The maximum Gasteiger partial charge on any atom is 0.137 e. The maximum atomic E-state index is 14.5. The number of hydrogen-bond donors (Lipinski definition) is 1. The van der Waals surface area contributed by atoms with Crippen molar-refractivity contribution in [1.29, 1.82) is 0 Å². The summed E-state index contributed by atoms with van der Waals surface area (Å²) in [5.74, 6) is -0.945. The van der Waals surface area contributed by atoms with E-state index in [1.807, 2.05) is 12.1 Å². The number of halogens is 3. The van der Waals surface area contributed by atoms with Gasteiger partial charge in [0.2, 0.25) is 0 Å². The zero-order valence-corrected chi connectivity index (χ0v) is 18.4. The van der Waals surface area contributed by atoms with E-state index in [0.717, 1.165) is 17.7 Å². The molecule has 0 fully saturated rings. The van der Waals surface area contributed by atoms with Crippen LogP contribution in [0.5, 0.6) is 0 Å². The lowest BCUT2D eigenvalue weighted by molar-refractivity contribution is -0.00240. The molecule has 0 amide bonds. The largest absolute Gasteiger partial charge is 0.381 e. The van der Waals surface area contributed by atoms with Crippen LogP contribution in [0.25, 0.3) is 0 Å². The van der Waals surface area contributed by atoms with Crippen LogP contribution >= 0.6 is 35.6 Å². The first kappa shape index (κ1) is 22.6. The van der Waals surface area contributed by atoms with Gasteiger partial charge in [-0.2, -0.15) is 5.10 Å². The summed E-state index contributed by atoms with van der Waals surface area (Å²) in [5, 5.41) is 16.0. The Labute approximate surface area is 187 Å². The zero-order valence-electron chi connectivity index (χ0n) is 16.0. The number of aromatic nitrogens is 3. The normalized spacial score (nSPS) is 13.1. The molecule has 10 heteroatoms. The first-order chi connectivity index (χ1) is 14.3. The molecule has 3 aromatic rings. The second kappa shape index (κ2) is 9.82. The summed E-state index contributed by atoms with van der Waals surface area (Å²) in [6, 6.07) is 10.5. The number of hydrogen-bond acceptors (Lipinski definition) is 5. The van der Waals surface area contributed by atoms with E-state index in [1.54, 1.807) is 24.1 Å². The summed E-state index contributed by atoms with van der Waals surface area (Å²) in [6.07, 6.45) is 2.73. The van der Waals surface area contributed by atoms with Gasteiger partial charge in [-0.1, -0.05) is 53.8 Å². The summed E-state index contributed by atoms with van der Waals surface area (Å²) in [5.41, 5.74) is -0.718. The summed E-state index contributed by atoms with van der Waals surface area (Å²) >= 11 is 12.8. The Morgan fingerprint density at radius 1 is 1.27 bits per heavy atom. The fraction of sp³-hybridized carbons (Fsp3) is 0.250. The van der Waals surface area contributed by atoms with E-state index in [9.17, 15) is 13.9 Å². The van der Waals surface area contributed by atoms with Gasteiger partial charge in [-0.15, -0.1) is 0 Å². The molecule has 0 saturated carbocycles. The average Bonchev–Trinajstić information content (AvgIpc) is 3.19.